The van der Waals surface area contributed by atoms with Gasteiger partial charge in [-0.15, -0.1) is 16.9 Å². The van der Waals surface area contributed by atoms with E-state index >= 15 is 0 Å². The first-order valence-electron chi connectivity index (χ1n) is 5.21. The van der Waals surface area contributed by atoms with Gasteiger partial charge in [-0.3, -0.25) is 10.5 Å². The molecular formula is C11H15N5S. The predicted molar refractivity (Wildman–Crippen MR) is 68.4 cm³/mol. The van der Waals surface area contributed by atoms with Gasteiger partial charge in [0.2, 0.25) is 0 Å². The maximum absolute atomic E-state index is 5.61. The number of benzene rings is 1. The highest BCUT2D eigenvalue weighted by Crippen LogP contribution is 2.22. The lowest BCUT2D eigenvalue weighted by molar-refractivity contribution is 0.570. The van der Waals surface area contributed by atoms with Gasteiger partial charge < -0.3 is 0 Å². The van der Waals surface area contributed by atoms with Crippen molar-refractivity contribution >= 4 is 11.8 Å². The van der Waals surface area contributed by atoms with Crippen LogP contribution in [-0.2, 0) is 7.05 Å². The molecule has 1 atom stereocenters. The van der Waals surface area contributed by atoms with E-state index in [0.717, 1.165) is 11.3 Å². The third kappa shape index (κ3) is 2.49. The Balaban J connectivity index is 2.32. The van der Waals surface area contributed by atoms with Crippen LogP contribution in [0.25, 0.3) is 0 Å². The molecule has 1 unspecified atom stereocenters. The van der Waals surface area contributed by atoms with Crippen molar-refractivity contribution in [3.05, 3.63) is 41.7 Å². The van der Waals surface area contributed by atoms with Gasteiger partial charge in [-0.25, -0.2) is 5.43 Å². The normalized spacial score (nSPS) is 12.6. The van der Waals surface area contributed by atoms with Crippen LogP contribution in [0.5, 0.6) is 0 Å². The minimum Gasteiger partial charge on any atom is -0.271 e. The standard InChI is InChI=1S/C11H15N5S/c1-16-10(7-13-15-16)11(14-12)8-3-5-9(17-2)6-4-8/h3-7,11,14H,12H2,1-2H3. The molecular weight excluding hydrogens is 234 g/mol. The number of aromatic nitrogens is 3. The van der Waals surface area contributed by atoms with Gasteiger partial charge in [-0.1, -0.05) is 17.3 Å². The second-order valence-electron chi connectivity index (χ2n) is 3.66. The predicted octanol–water partition coefficient (Wildman–Crippen LogP) is 1.09. The summed E-state index contributed by atoms with van der Waals surface area (Å²) in [7, 11) is 1.85. The van der Waals surface area contributed by atoms with Crippen LogP contribution in [0.4, 0.5) is 0 Å². The van der Waals surface area contributed by atoms with Gasteiger partial charge in [0, 0.05) is 11.9 Å². The van der Waals surface area contributed by atoms with Crippen LogP contribution < -0.4 is 11.3 Å². The van der Waals surface area contributed by atoms with E-state index in [-0.39, 0.29) is 6.04 Å². The van der Waals surface area contributed by atoms with Gasteiger partial charge in [0.1, 0.15) is 0 Å². The first kappa shape index (κ1) is 12.1. The Morgan fingerprint density at radius 2 is 2.06 bits per heavy atom. The van der Waals surface area contributed by atoms with Crippen molar-refractivity contribution in [2.75, 3.05) is 6.26 Å². The van der Waals surface area contributed by atoms with Crippen LogP contribution in [0.15, 0.2) is 35.4 Å². The topological polar surface area (TPSA) is 68.8 Å². The summed E-state index contributed by atoms with van der Waals surface area (Å²) < 4.78 is 1.72. The highest BCUT2D eigenvalue weighted by molar-refractivity contribution is 7.98. The lowest BCUT2D eigenvalue weighted by atomic mass is 10.1. The second kappa shape index (κ2) is 5.31. The van der Waals surface area contributed by atoms with E-state index < -0.39 is 0 Å². The summed E-state index contributed by atoms with van der Waals surface area (Å²) >= 11 is 1.72. The minimum absolute atomic E-state index is 0.0918. The lowest BCUT2D eigenvalue weighted by Gasteiger charge is -2.16. The Hall–Kier alpha value is -1.37. The fourth-order valence-corrected chi connectivity index (χ4v) is 2.12. The van der Waals surface area contributed by atoms with Crippen molar-refractivity contribution in [2.45, 2.75) is 10.9 Å². The number of aryl methyl sites for hydroxylation is 1. The van der Waals surface area contributed by atoms with Crippen LogP contribution in [0.1, 0.15) is 17.3 Å². The molecule has 0 aliphatic rings. The molecule has 1 aromatic carbocycles. The summed E-state index contributed by atoms with van der Waals surface area (Å²) in [6.45, 7) is 0. The monoisotopic (exact) mass is 249 g/mol. The molecule has 1 aromatic heterocycles. The number of hydrazine groups is 1. The molecule has 17 heavy (non-hydrogen) atoms. The zero-order chi connectivity index (χ0) is 12.3. The number of hydrogen-bond donors (Lipinski definition) is 2. The third-order valence-electron chi connectivity index (χ3n) is 2.66. The first-order chi connectivity index (χ1) is 8.26. The maximum atomic E-state index is 5.61. The van der Waals surface area contributed by atoms with E-state index in [1.807, 2.05) is 7.05 Å². The Labute approximate surface area is 104 Å². The molecule has 0 aliphatic heterocycles. The molecule has 3 N–H and O–H groups in total. The average molecular weight is 249 g/mol. The molecule has 0 aliphatic carbocycles. The molecule has 90 valence electrons. The number of nitrogens with one attached hydrogen (secondary N) is 1. The van der Waals surface area contributed by atoms with Gasteiger partial charge in [0.15, 0.2) is 0 Å². The molecule has 0 radical (unpaired) electrons. The molecule has 5 nitrogen and oxygen atoms in total. The van der Waals surface area contributed by atoms with Crippen LogP contribution in [0.3, 0.4) is 0 Å². The third-order valence-corrected chi connectivity index (χ3v) is 3.40. The SMILES string of the molecule is CSc1ccc(C(NN)c2cnnn2C)cc1. The van der Waals surface area contributed by atoms with Crippen molar-refractivity contribution < 1.29 is 0 Å². The van der Waals surface area contributed by atoms with E-state index in [1.54, 1.807) is 22.6 Å². The molecule has 2 aromatic rings. The Morgan fingerprint density at radius 1 is 1.35 bits per heavy atom. The molecule has 0 spiro atoms. The van der Waals surface area contributed by atoms with E-state index in [0.29, 0.717) is 0 Å². The van der Waals surface area contributed by atoms with E-state index in [9.17, 15) is 0 Å². The van der Waals surface area contributed by atoms with Gasteiger partial charge in [-0.2, -0.15) is 0 Å². The molecule has 1 heterocycles. The Kier molecular flexibility index (Phi) is 3.78. The second-order valence-corrected chi connectivity index (χ2v) is 4.53. The zero-order valence-electron chi connectivity index (χ0n) is 9.79. The smallest absolute Gasteiger partial charge is 0.0894 e. The van der Waals surface area contributed by atoms with Gasteiger partial charge in [0.05, 0.1) is 17.9 Å². The molecule has 0 bridgehead atoms. The van der Waals surface area contributed by atoms with E-state index in [1.165, 1.54) is 4.90 Å². The Morgan fingerprint density at radius 3 is 2.53 bits per heavy atom. The zero-order valence-corrected chi connectivity index (χ0v) is 10.6. The number of hydrogen-bond acceptors (Lipinski definition) is 5. The summed E-state index contributed by atoms with van der Waals surface area (Å²) in [5, 5.41) is 7.77. The van der Waals surface area contributed by atoms with Crippen LogP contribution in [-0.4, -0.2) is 21.2 Å². The van der Waals surface area contributed by atoms with Gasteiger partial charge in [0.25, 0.3) is 0 Å². The summed E-state index contributed by atoms with van der Waals surface area (Å²) in [5.74, 6) is 5.61. The van der Waals surface area contributed by atoms with Crippen molar-refractivity contribution in [3.8, 4) is 0 Å². The quantitative estimate of drug-likeness (QED) is 0.482. The number of thioether (sulfide) groups is 1. The number of rotatable bonds is 4. The summed E-state index contributed by atoms with van der Waals surface area (Å²) in [6.07, 6.45) is 3.77. The Bertz CT molecular complexity index is 479. The van der Waals surface area contributed by atoms with Crippen molar-refractivity contribution in [2.24, 2.45) is 12.9 Å². The molecule has 0 amide bonds. The lowest BCUT2D eigenvalue weighted by Crippen LogP contribution is -2.30. The van der Waals surface area contributed by atoms with E-state index in [2.05, 4.69) is 46.3 Å². The fourth-order valence-electron chi connectivity index (χ4n) is 1.71. The highest BCUT2D eigenvalue weighted by Gasteiger charge is 2.16. The fraction of sp³-hybridized carbons (Fsp3) is 0.273. The summed E-state index contributed by atoms with van der Waals surface area (Å²) in [6, 6.07) is 8.18. The number of nitrogens with two attached hydrogens (primary N) is 1. The van der Waals surface area contributed by atoms with Crippen LogP contribution in [0, 0.1) is 0 Å². The van der Waals surface area contributed by atoms with Crippen molar-refractivity contribution in [1.82, 2.24) is 20.4 Å². The van der Waals surface area contributed by atoms with E-state index in [4.69, 9.17) is 5.84 Å². The molecule has 0 saturated carbocycles. The molecule has 0 saturated heterocycles. The van der Waals surface area contributed by atoms with Crippen molar-refractivity contribution in [1.29, 1.82) is 0 Å². The van der Waals surface area contributed by atoms with Crippen molar-refractivity contribution in [3.63, 3.8) is 0 Å². The highest BCUT2D eigenvalue weighted by atomic mass is 32.2. The summed E-state index contributed by atoms with van der Waals surface area (Å²) in [4.78, 5) is 1.23. The largest absolute Gasteiger partial charge is 0.271 e. The summed E-state index contributed by atoms with van der Waals surface area (Å²) in [5.41, 5.74) is 4.82. The van der Waals surface area contributed by atoms with Gasteiger partial charge in [-0.05, 0) is 24.0 Å². The molecule has 6 heteroatoms. The first-order valence-corrected chi connectivity index (χ1v) is 6.43. The molecule has 0 fully saturated rings. The van der Waals surface area contributed by atoms with Crippen LogP contribution >= 0.6 is 11.8 Å². The minimum atomic E-state index is -0.0918. The number of nitrogens with zero attached hydrogens (tertiary/aromatic N) is 3. The maximum Gasteiger partial charge on any atom is 0.0894 e. The molecule has 2 rings (SSSR count). The van der Waals surface area contributed by atoms with Gasteiger partial charge >= 0.3 is 0 Å². The van der Waals surface area contributed by atoms with Crippen LogP contribution in [0.2, 0.25) is 0 Å². The average Bonchev–Trinajstić information content (AvgIpc) is 2.78.